The van der Waals surface area contributed by atoms with Gasteiger partial charge in [0.2, 0.25) is 0 Å². The van der Waals surface area contributed by atoms with E-state index in [0.717, 1.165) is 44.7 Å². The summed E-state index contributed by atoms with van der Waals surface area (Å²) in [5.74, 6) is 0.0216. The summed E-state index contributed by atoms with van der Waals surface area (Å²) < 4.78 is 0. The van der Waals surface area contributed by atoms with Crippen molar-refractivity contribution in [2.75, 3.05) is 26.2 Å². The van der Waals surface area contributed by atoms with E-state index in [1.54, 1.807) is 12.4 Å². The lowest BCUT2D eigenvalue weighted by Crippen LogP contribution is -2.44. The zero-order valence-electron chi connectivity index (χ0n) is 12.2. The number of piperidine rings is 1. The lowest BCUT2D eigenvalue weighted by Gasteiger charge is -2.38. The van der Waals surface area contributed by atoms with Crippen LogP contribution in [-0.4, -0.2) is 47.0 Å². The van der Waals surface area contributed by atoms with Crippen molar-refractivity contribution >= 4 is 30.7 Å². The van der Waals surface area contributed by atoms with E-state index in [1.165, 1.54) is 6.42 Å². The maximum atomic E-state index is 12.3. The highest BCUT2D eigenvalue weighted by Crippen LogP contribution is 2.37. The largest absolute Gasteiger partial charge is 0.337 e. The van der Waals surface area contributed by atoms with Crippen LogP contribution in [0.15, 0.2) is 12.4 Å². The van der Waals surface area contributed by atoms with Crippen LogP contribution in [0.5, 0.6) is 0 Å². The Morgan fingerprint density at radius 2 is 1.90 bits per heavy atom. The van der Waals surface area contributed by atoms with Gasteiger partial charge in [0, 0.05) is 25.8 Å². The third-order valence-electron chi connectivity index (χ3n) is 4.44. The van der Waals surface area contributed by atoms with E-state index in [4.69, 9.17) is 0 Å². The molecule has 2 aliphatic rings. The molecular weight excluding hydrogens is 311 g/mol. The summed E-state index contributed by atoms with van der Waals surface area (Å²) in [5, 5.41) is 3.44. The molecule has 0 aromatic carbocycles. The molecule has 7 heteroatoms. The molecule has 1 N–H and O–H groups in total. The van der Waals surface area contributed by atoms with Gasteiger partial charge in [-0.1, -0.05) is 0 Å². The molecule has 1 spiro atoms. The molecule has 1 aromatic heterocycles. The molecular formula is C14H22Cl2N4O. The molecule has 21 heavy (non-hydrogen) atoms. The van der Waals surface area contributed by atoms with Gasteiger partial charge in [-0.25, -0.2) is 4.98 Å². The molecule has 2 fully saturated rings. The minimum Gasteiger partial charge on any atom is -0.337 e. The molecule has 3 heterocycles. The van der Waals surface area contributed by atoms with Gasteiger partial charge in [-0.15, -0.1) is 24.8 Å². The van der Waals surface area contributed by atoms with Crippen LogP contribution in [0, 0.1) is 12.3 Å². The summed E-state index contributed by atoms with van der Waals surface area (Å²) in [7, 11) is 0. The van der Waals surface area contributed by atoms with Gasteiger partial charge >= 0.3 is 0 Å². The van der Waals surface area contributed by atoms with Crippen molar-refractivity contribution in [1.82, 2.24) is 20.2 Å². The third-order valence-corrected chi connectivity index (χ3v) is 4.44. The molecule has 2 aliphatic heterocycles. The topological polar surface area (TPSA) is 58.1 Å². The van der Waals surface area contributed by atoms with Crippen molar-refractivity contribution in [2.24, 2.45) is 5.41 Å². The Labute approximate surface area is 137 Å². The fourth-order valence-electron chi connectivity index (χ4n) is 3.07. The second-order valence-electron chi connectivity index (χ2n) is 5.76. The van der Waals surface area contributed by atoms with Crippen LogP contribution in [0.25, 0.3) is 0 Å². The number of carbonyl (C=O) groups is 1. The van der Waals surface area contributed by atoms with Crippen LogP contribution in [0.3, 0.4) is 0 Å². The number of rotatable bonds is 1. The van der Waals surface area contributed by atoms with Crippen LogP contribution < -0.4 is 5.32 Å². The maximum Gasteiger partial charge on any atom is 0.274 e. The normalized spacial score (nSPS) is 19.8. The standard InChI is InChI=1S/C14H20N4O.2ClH/c1-11-8-17-12(9-16-11)13(19)18-6-3-14(4-7-18)2-5-15-10-14;;/h8-9,15H,2-7,10H2,1H3;2*1H. The summed E-state index contributed by atoms with van der Waals surface area (Å²) in [4.78, 5) is 22.6. The fourth-order valence-corrected chi connectivity index (χ4v) is 3.07. The van der Waals surface area contributed by atoms with Gasteiger partial charge in [-0.2, -0.15) is 0 Å². The number of aryl methyl sites for hydroxylation is 1. The number of aromatic nitrogens is 2. The van der Waals surface area contributed by atoms with Crippen LogP contribution in [0.1, 0.15) is 35.4 Å². The van der Waals surface area contributed by atoms with Crippen molar-refractivity contribution in [2.45, 2.75) is 26.2 Å². The van der Waals surface area contributed by atoms with Crippen molar-refractivity contribution < 1.29 is 4.79 Å². The molecule has 0 aliphatic carbocycles. The molecule has 1 amide bonds. The van der Waals surface area contributed by atoms with Gasteiger partial charge in [0.1, 0.15) is 5.69 Å². The lowest BCUT2D eigenvalue weighted by atomic mass is 9.78. The third kappa shape index (κ3) is 3.84. The molecule has 3 rings (SSSR count). The van der Waals surface area contributed by atoms with Crippen LogP contribution >= 0.6 is 24.8 Å². The zero-order chi connectivity index (χ0) is 13.3. The minimum atomic E-state index is 0. The second-order valence-corrected chi connectivity index (χ2v) is 5.76. The van der Waals surface area contributed by atoms with Gasteiger partial charge in [0.25, 0.3) is 5.91 Å². The van der Waals surface area contributed by atoms with E-state index in [1.807, 2.05) is 11.8 Å². The Morgan fingerprint density at radius 3 is 2.43 bits per heavy atom. The Hall–Kier alpha value is -0.910. The molecule has 0 saturated carbocycles. The second kappa shape index (κ2) is 7.38. The Morgan fingerprint density at radius 1 is 1.19 bits per heavy atom. The van der Waals surface area contributed by atoms with Gasteiger partial charge < -0.3 is 10.2 Å². The van der Waals surface area contributed by atoms with Gasteiger partial charge in [0.05, 0.1) is 11.9 Å². The Bertz CT molecular complexity index is 464. The van der Waals surface area contributed by atoms with Crippen LogP contribution in [0.4, 0.5) is 0 Å². The average Bonchev–Trinajstić information content (AvgIpc) is 2.88. The molecule has 0 radical (unpaired) electrons. The van der Waals surface area contributed by atoms with E-state index in [2.05, 4.69) is 15.3 Å². The van der Waals surface area contributed by atoms with Gasteiger partial charge in [-0.3, -0.25) is 9.78 Å². The predicted octanol–water partition coefficient (Wildman–Crippen LogP) is 1.84. The van der Waals surface area contributed by atoms with Crippen molar-refractivity contribution in [3.63, 3.8) is 0 Å². The SMILES string of the molecule is Cc1cnc(C(=O)N2CCC3(CCNC3)CC2)cn1.Cl.Cl. The van der Waals surface area contributed by atoms with E-state index in [9.17, 15) is 4.79 Å². The number of likely N-dealkylation sites (tertiary alicyclic amines) is 1. The minimum absolute atomic E-state index is 0. The molecule has 118 valence electrons. The summed E-state index contributed by atoms with van der Waals surface area (Å²) in [6.45, 7) is 5.79. The number of hydrogen-bond donors (Lipinski definition) is 1. The number of hydrogen-bond acceptors (Lipinski definition) is 4. The molecule has 0 atom stereocenters. The first-order chi connectivity index (χ1) is 9.19. The summed E-state index contributed by atoms with van der Waals surface area (Å²) >= 11 is 0. The highest BCUT2D eigenvalue weighted by molar-refractivity contribution is 5.92. The molecule has 0 bridgehead atoms. The first-order valence-corrected chi connectivity index (χ1v) is 6.97. The van der Waals surface area contributed by atoms with E-state index >= 15 is 0 Å². The summed E-state index contributed by atoms with van der Waals surface area (Å²) in [6, 6.07) is 0. The lowest BCUT2D eigenvalue weighted by molar-refractivity contribution is 0.0601. The zero-order valence-corrected chi connectivity index (χ0v) is 13.8. The number of halogens is 2. The van der Waals surface area contributed by atoms with E-state index in [0.29, 0.717) is 11.1 Å². The Kier molecular flexibility index (Phi) is 6.38. The quantitative estimate of drug-likeness (QED) is 0.852. The molecule has 2 saturated heterocycles. The highest BCUT2D eigenvalue weighted by Gasteiger charge is 2.38. The average molecular weight is 333 g/mol. The van der Waals surface area contributed by atoms with Crippen LogP contribution in [-0.2, 0) is 0 Å². The number of carbonyl (C=O) groups excluding carboxylic acids is 1. The van der Waals surface area contributed by atoms with Gasteiger partial charge in [-0.05, 0) is 38.1 Å². The summed E-state index contributed by atoms with van der Waals surface area (Å²) in [5.41, 5.74) is 1.74. The number of nitrogens with zero attached hydrogens (tertiary/aromatic N) is 3. The van der Waals surface area contributed by atoms with Crippen molar-refractivity contribution in [1.29, 1.82) is 0 Å². The van der Waals surface area contributed by atoms with Gasteiger partial charge in [0.15, 0.2) is 0 Å². The summed E-state index contributed by atoms with van der Waals surface area (Å²) in [6.07, 6.45) is 6.69. The molecule has 0 unspecified atom stereocenters. The Balaban J connectivity index is 0.00000110. The van der Waals surface area contributed by atoms with E-state index in [-0.39, 0.29) is 30.7 Å². The first-order valence-electron chi connectivity index (χ1n) is 6.97. The van der Waals surface area contributed by atoms with Crippen molar-refractivity contribution in [3.05, 3.63) is 23.8 Å². The van der Waals surface area contributed by atoms with Crippen LogP contribution in [0.2, 0.25) is 0 Å². The van der Waals surface area contributed by atoms with E-state index < -0.39 is 0 Å². The number of nitrogens with one attached hydrogen (secondary N) is 1. The fraction of sp³-hybridized carbons (Fsp3) is 0.643. The molecule has 1 aromatic rings. The van der Waals surface area contributed by atoms with Crippen molar-refractivity contribution in [3.8, 4) is 0 Å². The number of amides is 1. The highest BCUT2D eigenvalue weighted by atomic mass is 35.5. The monoisotopic (exact) mass is 332 g/mol. The molecule has 5 nitrogen and oxygen atoms in total. The smallest absolute Gasteiger partial charge is 0.274 e. The predicted molar refractivity (Wildman–Crippen MR) is 86.3 cm³/mol. The maximum absolute atomic E-state index is 12.3. The first kappa shape index (κ1) is 18.1.